The van der Waals surface area contributed by atoms with Gasteiger partial charge in [0.05, 0.1) is 7.11 Å². The van der Waals surface area contributed by atoms with E-state index in [-0.39, 0.29) is 4.90 Å². The van der Waals surface area contributed by atoms with E-state index in [4.69, 9.17) is 4.74 Å². The van der Waals surface area contributed by atoms with E-state index in [1.165, 1.54) is 19.2 Å². The van der Waals surface area contributed by atoms with Crippen molar-refractivity contribution in [1.29, 1.82) is 0 Å². The molecule has 0 spiro atoms. The minimum absolute atomic E-state index is 0.198. The van der Waals surface area contributed by atoms with Crippen molar-refractivity contribution in [1.82, 2.24) is 0 Å². The van der Waals surface area contributed by atoms with Crippen molar-refractivity contribution in [3.8, 4) is 5.75 Å². The lowest BCUT2D eigenvalue weighted by Crippen LogP contribution is -1.99. The molecular weight excluding hydrogens is 176 g/mol. The van der Waals surface area contributed by atoms with Gasteiger partial charge in [-0.25, -0.2) is 8.42 Å². The van der Waals surface area contributed by atoms with Gasteiger partial charge in [0, 0.05) is 6.26 Å². The second kappa shape index (κ2) is 3.15. The predicted molar refractivity (Wildman–Crippen MR) is 44.9 cm³/mol. The van der Waals surface area contributed by atoms with Gasteiger partial charge in [-0.05, 0) is 18.2 Å². The van der Waals surface area contributed by atoms with Crippen LogP contribution in [0.25, 0.3) is 0 Å². The van der Waals surface area contributed by atoms with Crippen LogP contribution in [0.3, 0.4) is 0 Å². The van der Waals surface area contributed by atoms with Crippen LogP contribution in [0.4, 0.5) is 0 Å². The normalized spacial score (nSPS) is 11.2. The molecule has 0 heterocycles. The molecular formula is C8H9O3S. The highest BCUT2D eigenvalue weighted by Gasteiger charge is 2.11. The second-order valence-corrected chi connectivity index (χ2v) is 4.33. The molecule has 1 rings (SSSR count). The molecule has 0 aliphatic carbocycles. The van der Waals surface area contributed by atoms with Gasteiger partial charge < -0.3 is 4.74 Å². The molecule has 0 aliphatic rings. The Morgan fingerprint density at radius 1 is 1.50 bits per heavy atom. The van der Waals surface area contributed by atoms with E-state index >= 15 is 0 Å². The first-order chi connectivity index (χ1) is 5.55. The van der Waals surface area contributed by atoms with Crippen molar-refractivity contribution in [3.05, 3.63) is 24.3 Å². The molecule has 0 atom stereocenters. The van der Waals surface area contributed by atoms with Crippen LogP contribution in [0.5, 0.6) is 5.75 Å². The third-order valence-electron chi connectivity index (χ3n) is 1.41. The third-order valence-corrected chi connectivity index (χ3v) is 2.54. The molecule has 0 N–H and O–H groups in total. The van der Waals surface area contributed by atoms with Crippen molar-refractivity contribution in [2.45, 2.75) is 4.90 Å². The van der Waals surface area contributed by atoms with E-state index in [0.717, 1.165) is 6.26 Å². The van der Waals surface area contributed by atoms with Gasteiger partial charge in [-0.15, -0.1) is 0 Å². The first-order valence-electron chi connectivity index (χ1n) is 3.30. The first kappa shape index (κ1) is 9.06. The lowest BCUT2D eigenvalue weighted by atomic mass is 10.3. The Balaban J connectivity index is 3.33. The number of rotatable bonds is 2. The summed E-state index contributed by atoms with van der Waals surface area (Å²) in [5, 5.41) is 0. The summed E-state index contributed by atoms with van der Waals surface area (Å²) in [6, 6.07) is 7.24. The van der Waals surface area contributed by atoms with Crippen LogP contribution < -0.4 is 4.74 Å². The quantitative estimate of drug-likeness (QED) is 0.687. The van der Waals surface area contributed by atoms with Crippen LogP contribution in [0, 0.1) is 6.07 Å². The van der Waals surface area contributed by atoms with Crippen molar-refractivity contribution in [2.75, 3.05) is 13.4 Å². The summed E-state index contributed by atoms with van der Waals surface area (Å²) in [6.07, 6.45) is 1.14. The highest BCUT2D eigenvalue weighted by Crippen LogP contribution is 2.21. The predicted octanol–water partition coefficient (Wildman–Crippen LogP) is 0.899. The van der Waals surface area contributed by atoms with Crippen LogP contribution in [-0.2, 0) is 9.84 Å². The average molecular weight is 185 g/mol. The van der Waals surface area contributed by atoms with Crippen molar-refractivity contribution in [3.63, 3.8) is 0 Å². The van der Waals surface area contributed by atoms with Crippen LogP contribution in [0.1, 0.15) is 0 Å². The fourth-order valence-corrected chi connectivity index (χ4v) is 1.69. The van der Waals surface area contributed by atoms with Gasteiger partial charge in [-0.3, -0.25) is 0 Å². The Morgan fingerprint density at radius 3 is 2.58 bits per heavy atom. The molecule has 0 unspecified atom stereocenters. The molecule has 0 fully saturated rings. The van der Waals surface area contributed by atoms with Crippen molar-refractivity contribution >= 4 is 9.84 Å². The largest absolute Gasteiger partial charge is 0.495 e. The average Bonchev–Trinajstić information content (AvgIpc) is 2.03. The van der Waals surface area contributed by atoms with E-state index < -0.39 is 9.84 Å². The molecule has 1 radical (unpaired) electrons. The lowest BCUT2D eigenvalue weighted by molar-refractivity contribution is 0.403. The summed E-state index contributed by atoms with van der Waals surface area (Å²) >= 11 is 0. The maximum atomic E-state index is 11.1. The molecule has 1 aromatic carbocycles. The Labute approximate surface area is 71.9 Å². The Kier molecular flexibility index (Phi) is 2.38. The van der Waals surface area contributed by atoms with E-state index in [9.17, 15) is 8.42 Å². The van der Waals surface area contributed by atoms with Crippen LogP contribution in [-0.4, -0.2) is 21.8 Å². The Bertz CT molecular complexity index is 368. The lowest BCUT2D eigenvalue weighted by Gasteiger charge is -2.04. The zero-order valence-corrected chi connectivity index (χ0v) is 7.68. The number of sulfone groups is 1. The summed E-state index contributed by atoms with van der Waals surface area (Å²) in [5.41, 5.74) is 0. The number of ether oxygens (including phenoxy) is 1. The molecule has 0 aromatic heterocycles. The third kappa shape index (κ3) is 1.76. The Morgan fingerprint density at radius 2 is 2.17 bits per heavy atom. The first-order valence-corrected chi connectivity index (χ1v) is 5.19. The van der Waals surface area contributed by atoms with Gasteiger partial charge >= 0.3 is 0 Å². The fraction of sp³-hybridized carbons (Fsp3) is 0.250. The minimum atomic E-state index is -3.19. The number of hydrogen-bond acceptors (Lipinski definition) is 3. The van der Waals surface area contributed by atoms with Gasteiger partial charge in [0.1, 0.15) is 10.6 Å². The molecule has 12 heavy (non-hydrogen) atoms. The summed E-state index contributed by atoms with van der Waals surface area (Å²) in [4.78, 5) is 0.198. The maximum Gasteiger partial charge on any atom is 0.179 e. The van der Waals surface area contributed by atoms with Crippen LogP contribution >= 0.6 is 0 Å². The monoisotopic (exact) mass is 185 g/mol. The van der Waals surface area contributed by atoms with Gasteiger partial charge in [0.25, 0.3) is 0 Å². The summed E-state index contributed by atoms with van der Waals surface area (Å²) in [5.74, 6) is 0.333. The highest BCUT2D eigenvalue weighted by atomic mass is 32.2. The fourth-order valence-electron chi connectivity index (χ4n) is 0.867. The molecule has 0 amide bonds. The molecule has 0 saturated heterocycles. The van der Waals surface area contributed by atoms with Gasteiger partial charge in [0.15, 0.2) is 9.84 Å². The molecule has 3 nitrogen and oxygen atoms in total. The van der Waals surface area contributed by atoms with Gasteiger partial charge in [-0.2, -0.15) is 0 Å². The van der Waals surface area contributed by atoms with E-state index in [1.807, 2.05) is 0 Å². The van der Waals surface area contributed by atoms with E-state index in [2.05, 4.69) is 6.07 Å². The zero-order chi connectivity index (χ0) is 9.19. The summed E-state index contributed by atoms with van der Waals surface area (Å²) < 4.78 is 27.1. The molecule has 0 aliphatic heterocycles. The molecule has 4 heteroatoms. The number of benzene rings is 1. The van der Waals surface area contributed by atoms with Crippen LogP contribution in [0.15, 0.2) is 23.1 Å². The van der Waals surface area contributed by atoms with Gasteiger partial charge in [-0.1, -0.05) is 6.07 Å². The molecule has 0 bridgehead atoms. The Hall–Kier alpha value is -1.03. The maximum absolute atomic E-state index is 11.1. The number of methoxy groups -OCH3 is 1. The number of hydrogen-bond donors (Lipinski definition) is 0. The van der Waals surface area contributed by atoms with Crippen LogP contribution in [0.2, 0.25) is 0 Å². The van der Waals surface area contributed by atoms with Gasteiger partial charge in [0.2, 0.25) is 0 Å². The summed E-state index contributed by atoms with van der Waals surface area (Å²) in [6.45, 7) is 0. The molecule has 1 aromatic rings. The molecule has 65 valence electrons. The van der Waals surface area contributed by atoms with Crippen molar-refractivity contribution < 1.29 is 13.2 Å². The second-order valence-electron chi connectivity index (χ2n) is 2.35. The molecule has 0 saturated carbocycles. The summed E-state index contributed by atoms with van der Waals surface area (Å²) in [7, 11) is -1.76. The zero-order valence-electron chi connectivity index (χ0n) is 6.87. The topological polar surface area (TPSA) is 43.4 Å². The minimum Gasteiger partial charge on any atom is -0.495 e. The smallest absolute Gasteiger partial charge is 0.179 e. The standard InChI is InChI=1S/C8H9O3S/c1-11-7-5-3-4-6-8(7)12(2,9)10/h4-6H,1-2H3. The highest BCUT2D eigenvalue weighted by molar-refractivity contribution is 7.90. The van der Waals surface area contributed by atoms with E-state index in [1.54, 1.807) is 6.07 Å². The van der Waals surface area contributed by atoms with Crippen molar-refractivity contribution in [2.24, 2.45) is 0 Å². The SMILES string of the molecule is COc1c[c]ccc1S(C)(=O)=O. The van der Waals surface area contributed by atoms with E-state index in [0.29, 0.717) is 5.75 Å².